The van der Waals surface area contributed by atoms with Crippen LogP contribution in [0.25, 0.3) is 11.4 Å². The molecule has 23 heavy (non-hydrogen) atoms. The van der Waals surface area contributed by atoms with Gasteiger partial charge in [0.1, 0.15) is 16.8 Å². The standard InChI is InChI=1S/C17H12BrClFN3/c18-14-4-2-1-3-12(14)10-21-16-9-15(19)22-17(23-16)11-5-7-13(20)8-6-11/h1-9H,10H2,(H,21,22,23). The van der Waals surface area contributed by atoms with E-state index in [1.54, 1.807) is 18.2 Å². The molecule has 0 bridgehead atoms. The Morgan fingerprint density at radius 2 is 1.78 bits per heavy atom. The first-order chi connectivity index (χ1) is 11.1. The van der Waals surface area contributed by atoms with E-state index in [1.165, 1.54) is 12.1 Å². The maximum absolute atomic E-state index is 13.0. The van der Waals surface area contributed by atoms with E-state index < -0.39 is 0 Å². The van der Waals surface area contributed by atoms with Gasteiger partial charge in [-0.25, -0.2) is 14.4 Å². The van der Waals surface area contributed by atoms with Crippen molar-refractivity contribution in [2.24, 2.45) is 0 Å². The average molecular weight is 393 g/mol. The molecule has 0 spiro atoms. The van der Waals surface area contributed by atoms with E-state index in [0.29, 0.717) is 28.9 Å². The number of nitrogens with zero attached hydrogens (tertiary/aromatic N) is 2. The van der Waals surface area contributed by atoms with Gasteiger partial charge in [0.15, 0.2) is 5.82 Å². The van der Waals surface area contributed by atoms with Crippen molar-refractivity contribution < 1.29 is 4.39 Å². The average Bonchev–Trinajstić information content (AvgIpc) is 2.54. The minimum absolute atomic E-state index is 0.303. The second-order valence-corrected chi connectivity index (χ2v) is 6.09. The molecule has 0 atom stereocenters. The summed E-state index contributed by atoms with van der Waals surface area (Å²) in [7, 11) is 0. The van der Waals surface area contributed by atoms with Crippen LogP contribution < -0.4 is 5.32 Å². The number of anilines is 1. The van der Waals surface area contributed by atoms with E-state index >= 15 is 0 Å². The summed E-state index contributed by atoms with van der Waals surface area (Å²) in [6, 6.07) is 15.6. The fourth-order valence-electron chi connectivity index (χ4n) is 2.06. The van der Waals surface area contributed by atoms with Crippen LogP contribution in [0.5, 0.6) is 0 Å². The lowest BCUT2D eigenvalue weighted by atomic mass is 10.2. The molecule has 3 nitrogen and oxygen atoms in total. The molecule has 0 unspecified atom stereocenters. The van der Waals surface area contributed by atoms with Crippen LogP contribution in [-0.2, 0) is 6.54 Å². The molecule has 1 N–H and O–H groups in total. The number of hydrogen-bond acceptors (Lipinski definition) is 3. The number of halogens is 3. The lowest BCUT2D eigenvalue weighted by Crippen LogP contribution is -2.03. The lowest BCUT2D eigenvalue weighted by Gasteiger charge is -2.09. The van der Waals surface area contributed by atoms with Crippen LogP contribution >= 0.6 is 27.5 Å². The van der Waals surface area contributed by atoms with Crippen LogP contribution in [0.2, 0.25) is 5.15 Å². The summed E-state index contributed by atoms with van der Waals surface area (Å²) in [4.78, 5) is 8.62. The Hall–Kier alpha value is -1.98. The van der Waals surface area contributed by atoms with Crippen molar-refractivity contribution in [1.29, 1.82) is 0 Å². The quantitative estimate of drug-likeness (QED) is 0.611. The minimum atomic E-state index is -0.303. The Balaban J connectivity index is 1.83. The SMILES string of the molecule is Fc1ccc(-c2nc(Cl)cc(NCc3ccccc3Br)n2)cc1. The van der Waals surface area contributed by atoms with Crippen LogP contribution in [0.1, 0.15) is 5.56 Å². The van der Waals surface area contributed by atoms with Gasteiger partial charge in [-0.15, -0.1) is 0 Å². The molecule has 3 aromatic rings. The topological polar surface area (TPSA) is 37.8 Å². The van der Waals surface area contributed by atoms with Gasteiger partial charge in [0.25, 0.3) is 0 Å². The third kappa shape index (κ3) is 4.06. The van der Waals surface area contributed by atoms with Gasteiger partial charge in [0, 0.05) is 22.6 Å². The normalized spacial score (nSPS) is 10.6. The zero-order chi connectivity index (χ0) is 16.2. The number of hydrogen-bond donors (Lipinski definition) is 1. The highest BCUT2D eigenvalue weighted by Crippen LogP contribution is 2.22. The monoisotopic (exact) mass is 391 g/mol. The number of nitrogens with one attached hydrogen (secondary N) is 1. The zero-order valence-electron chi connectivity index (χ0n) is 11.9. The van der Waals surface area contributed by atoms with Gasteiger partial charge in [-0.2, -0.15) is 0 Å². The van der Waals surface area contributed by atoms with Crippen LogP contribution in [0.3, 0.4) is 0 Å². The van der Waals surface area contributed by atoms with E-state index in [1.807, 2.05) is 24.3 Å². The van der Waals surface area contributed by atoms with Crippen molar-refractivity contribution in [3.8, 4) is 11.4 Å². The van der Waals surface area contributed by atoms with Crippen molar-refractivity contribution >= 4 is 33.3 Å². The van der Waals surface area contributed by atoms with Gasteiger partial charge in [0.05, 0.1) is 0 Å². The molecule has 1 aromatic heterocycles. The molecule has 0 saturated carbocycles. The molecule has 0 amide bonds. The van der Waals surface area contributed by atoms with Crippen molar-refractivity contribution in [2.45, 2.75) is 6.54 Å². The Bertz CT molecular complexity index is 824. The summed E-state index contributed by atoms with van der Waals surface area (Å²) in [6.45, 7) is 0.595. The van der Waals surface area contributed by atoms with Gasteiger partial charge in [0.2, 0.25) is 0 Å². The first-order valence-electron chi connectivity index (χ1n) is 6.89. The maximum Gasteiger partial charge on any atom is 0.163 e. The molecular formula is C17H12BrClFN3. The Morgan fingerprint density at radius 1 is 1.04 bits per heavy atom. The van der Waals surface area contributed by atoms with Crippen LogP contribution in [-0.4, -0.2) is 9.97 Å². The molecule has 3 rings (SSSR count). The van der Waals surface area contributed by atoms with E-state index in [0.717, 1.165) is 10.0 Å². The van der Waals surface area contributed by atoms with Crippen molar-refractivity contribution in [2.75, 3.05) is 5.32 Å². The van der Waals surface area contributed by atoms with Gasteiger partial charge in [-0.05, 0) is 35.9 Å². The molecule has 0 aliphatic rings. The smallest absolute Gasteiger partial charge is 0.163 e. The van der Waals surface area contributed by atoms with E-state index in [9.17, 15) is 4.39 Å². The summed E-state index contributed by atoms with van der Waals surface area (Å²) in [5.41, 5.74) is 1.81. The highest BCUT2D eigenvalue weighted by Gasteiger charge is 2.07. The number of benzene rings is 2. The first-order valence-corrected chi connectivity index (χ1v) is 8.07. The third-order valence-electron chi connectivity index (χ3n) is 3.22. The summed E-state index contributed by atoms with van der Waals surface area (Å²) in [5, 5.41) is 3.55. The maximum atomic E-state index is 13.0. The molecule has 0 saturated heterocycles. The Kier molecular flexibility index (Phi) is 4.88. The van der Waals surface area contributed by atoms with Gasteiger partial charge >= 0.3 is 0 Å². The zero-order valence-corrected chi connectivity index (χ0v) is 14.3. The van der Waals surface area contributed by atoms with E-state index in [4.69, 9.17) is 11.6 Å². The molecule has 0 fully saturated rings. The van der Waals surface area contributed by atoms with Crippen LogP contribution in [0, 0.1) is 5.82 Å². The summed E-state index contributed by atoms with van der Waals surface area (Å²) >= 11 is 9.58. The van der Waals surface area contributed by atoms with E-state index in [2.05, 4.69) is 31.2 Å². The highest BCUT2D eigenvalue weighted by atomic mass is 79.9. The largest absolute Gasteiger partial charge is 0.366 e. The van der Waals surface area contributed by atoms with Gasteiger partial charge in [-0.3, -0.25) is 0 Å². The molecule has 0 aliphatic heterocycles. The molecule has 2 aromatic carbocycles. The van der Waals surface area contributed by atoms with Crippen LogP contribution in [0.15, 0.2) is 59.1 Å². The summed E-state index contributed by atoms with van der Waals surface area (Å²) in [5.74, 6) is 0.759. The van der Waals surface area contributed by atoms with Crippen molar-refractivity contribution in [3.05, 3.63) is 75.6 Å². The molecule has 1 heterocycles. The highest BCUT2D eigenvalue weighted by molar-refractivity contribution is 9.10. The molecule has 6 heteroatoms. The van der Waals surface area contributed by atoms with Gasteiger partial charge < -0.3 is 5.32 Å². The van der Waals surface area contributed by atoms with Crippen molar-refractivity contribution in [3.63, 3.8) is 0 Å². The molecule has 0 radical (unpaired) electrons. The van der Waals surface area contributed by atoms with Crippen LogP contribution in [0.4, 0.5) is 10.2 Å². The summed E-state index contributed by atoms with van der Waals surface area (Å²) in [6.07, 6.45) is 0. The van der Waals surface area contributed by atoms with Gasteiger partial charge in [-0.1, -0.05) is 45.7 Å². The predicted molar refractivity (Wildman–Crippen MR) is 93.9 cm³/mol. The molecular weight excluding hydrogens is 381 g/mol. The predicted octanol–water partition coefficient (Wildman–Crippen LogP) is 5.31. The second-order valence-electron chi connectivity index (χ2n) is 4.85. The molecule has 0 aliphatic carbocycles. The Labute approximate surface area is 146 Å². The number of rotatable bonds is 4. The second kappa shape index (κ2) is 7.06. The summed E-state index contributed by atoms with van der Waals surface area (Å²) < 4.78 is 14.0. The fourth-order valence-corrected chi connectivity index (χ4v) is 2.67. The Morgan fingerprint density at radius 3 is 2.52 bits per heavy atom. The fraction of sp³-hybridized carbons (Fsp3) is 0.0588. The van der Waals surface area contributed by atoms with E-state index in [-0.39, 0.29) is 5.82 Å². The first kappa shape index (κ1) is 15.9. The number of aromatic nitrogens is 2. The molecule has 116 valence electrons. The third-order valence-corrected chi connectivity index (χ3v) is 4.18. The lowest BCUT2D eigenvalue weighted by molar-refractivity contribution is 0.628. The van der Waals surface area contributed by atoms with Crippen molar-refractivity contribution in [1.82, 2.24) is 9.97 Å². The minimum Gasteiger partial charge on any atom is -0.366 e.